The lowest BCUT2D eigenvalue weighted by Crippen LogP contribution is -2.46. The Kier molecular flexibility index (Phi) is 5.41. The molecule has 0 atom stereocenters. The molecule has 0 saturated heterocycles. The second kappa shape index (κ2) is 6.16. The zero-order valence-corrected chi connectivity index (χ0v) is 11.7. The van der Waals surface area contributed by atoms with E-state index in [9.17, 15) is 13.5 Å². The van der Waals surface area contributed by atoms with Gasteiger partial charge in [0.05, 0.1) is 17.6 Å². The molecule has 0 bridgehead atoms. The largest absolute Gasteiger partial charge is 0.394 e. The summed E-state index contributed by atoms with van der Waals surface area (Å²) >= 11 is 0. The lowest BCUT2D eigenvalue weighted by atomic mass is 9.99. The maximum Gasteiger partial charge on any atom is 0.152 e. The molecule has 0 heterocycles. The zero-order valence-electron chi connectivity index (χ0n) is 10.9. The molecule has 1 aliphatic rings. The Bertz CT molecular complexity index is 319. The highest BCUT2D eigenvalue weighted by atomic mass is 32.2. The van der Waals surface area contributed by atoms with Gasteiger partial charge in [0.1, 0.15) is 0 Å². The van der Waals surface area contributed by atoms with Crippen LogP contribution in [-0.2, 0) is 9.84 Å². The molecule has 0 amide bonds. The van der Waals surface area contributed by atoms with Gasteiger partial charge in [-0.05, 0) is 39.7 Å². The summed E-state index contributed by atoms with van der Waals surface area (Å²) in [6.07, 6.45) is 4.93. The standard InChI is InChI=1S/C12H25NO3S/c1-11(2)17(15,16)9-5-8-13-12(10-14)6-3-4-7-12/h11,13-14H,3-10H2,1-2H3. The zero-order chi connectivity index (χ0) is 12.9. The first-order chi connectivity index (χ1) is 7.92. The van der Waals surface area contributed by atoms with Gasteiger partial charge in [-0.25, -0.2) is 8.42 Å². The fourth-order valence-corrected chi connectivity index (χ4v) is 3.32. The van der Waals surface area contributed by atoms with Gasteiger partial charge in [0.25, 0.3) is 0 Å². The Morgan fingerprint density at radius 3 is 2.35 bits per heavy atom. The molecule has 17 heavy (non-hydrogen) atoms. The first kappa shape index (κ1) is 14.9. The highest BCUT2D eigenvalue weighted by molar-refractivity contribution is 7.91. The van der Waals surface area contributed by atoms with Crippen LogP contribution in [0.1, 0.15) is 46.0 Å². The van der Waals surface area contributed by atoms with Gasteiger partial charge < -0.3 is 10.4 Å². The Balaban J connectivity index is 2.28. The minimum Gasteiger partial charge on any atom is -0.394 e. The Morgan fingerprint density at radius 1 is 1.29 bits per heavy atom. The molecule has 0 aromatic rings. The summed E-state index contributed by atoms with van der Waals surface area (Å²) in [6, 6.07) is 0. The lowest BCUT2D eigenvalue weighted by molar-refractivity contribution is 0.165. The van der Waals surface area contributed by atoms with E-state index in [0.717, 1.165) is 25.7 Å². The van der Waals surface area contributed by atoms with Gasteiger partial charge in [0.2, 0.25) is 0 Å². The molecule has 4 nitrogen and oxygen atoms in total. The van der Waals surface area contributed by atoms with E-state index < -0.39 is 9.84 Å². The van der Waals surface area contributed by atoms with Crippen LogP contribution in [0.3, 0.4) is 0 Å². The fraction of sp³-hybridized carbons (Fsp3) is 1.00. The SMILES string of the molecule is CC(C)S(=O)(=O)CCCNC1(CO)CCCC1. The second-order valence-electron chi connectivity index (χ2n) is 5.34. The predicted octanol–water partition coefficient (Wildman–Crippen LogP) is 1.09. The minimum atomic E-state index is -2.92. The molecule has 0 radical (unpaired) electrons. The van der Waals surface area contributed by atoms with E-state index in [1.165, 1.54) is 0 Å². The van der Waals surface area contributed by atoms with Crippen molar-refractivity contribution in [3.05, 3.63) is 0 Å². The summed E-state index contributed by atoms with van der Waals surface area (Å²) in [5.41, 5.74) is -0.137. The maximum atomic E-state index is 11.6. The molecule has 0 aromatic heterocycles. The monoisotopic (exact) mass is 263 g/mol. The molecular formula is C12H25NO3S. The van der Waals surface area contributed by atoms with E-state index in [-0.39, 0.29) is 23.1 Å². The molecule has 1 saturated carbocycles. The van der Waals surface area contributed by atoms with Gasteiger partial charge in [0.15, 0.2) is 9.84 Å². The highest BCUT2D eigenvalue weighted by Crippen LogP contribution is 2.28. The second-order valence-corrected chi connectivity index (χ2v) is 8.02. The van der Waals surface area contributed by atoms with Gasteiger partial charge in [-0.15, -0.1) is 0 Å². The maximum absolute atomic E-state index is 11.6. The van der Waals surface area contributed by atoms with E-state index in [1.807, 2.05) is 0 Å². The Morgan fingerprint density at radius 2 is 1.88 bits per heavy atom. The summed E-state index contributed by atoms with van der Waals surface area (Å²) < 4.78 is 23.2. The third kappa shape index (κ3) is 4.23. The summed E-state index contributed by atoms with van der Waals surface area (Å²) in [5.74, 6) is 0.235. The molecule has 102 valence electrons. The summed E-state index contributed by atoms with van der Waals surface area (Å²) in [6.45, 7) is 4.26. The Hall–Kier alpha value is -0.130. The molecule has 0 aromatic carbocycles. The number of rotatable bonds is 7. The van der Waals surface area contributed by atoms with Crippen molar-refractivity contribution in [2.24, 2.45) is 0 Å². The van der Waals surface area contributed by atoms with Crippen molar-refractivity contribution in [1.82, 2.24) is 5.32 Å². The number of hydrogen-bond donors (Lipinski definition) is 2. The van der Waals surface area contributed by atoms with Crippen molar-refractivity contribution in [3.63, 3.8) is 0 Å². The topological polar surface area (TPSA) is 66.4 Å². The van der Waals surface area contributed by atoms with Crippen molar-refractivity contribution < 1.29 is 13.5 Å². The van der Waals surface area contributed by atoms with Crippen LogP contribution < -0.4 is 5.32 Å². The number of hydrogen-bond acceptors (Lipinski definition) is 4. The Labute approximate surface area is 105 Å². The van der Waals surface area contributed by atoms with Crippen LogP contribution in [0.2, 0.25) is 0 Å². The quantitative estimate of drug-likeness (QED) is 0.675. The van der Waals surface area contributed by atoms with Crippen LogP contribution in [0.5, 0.6) is 0 Å². The van der Waals surface area contributed by atoms with E-state index in [0.29, 0.717) is 13.0 Å². The fourth-order valence-electron chi connectivity index (χ4n) is 2.31. The van der Waals surface area contributed by atoms with Crippen LogP contribution in [0, 0.1) is 0 Å². The van der Waals surface area contributed by atoms with Crippen molar-refractivity contribution >= 4 is 9.84 Å². The molecule has 0 spiro atoms. The summed E-state index contributed by atoms with van der Waals surface area (Å²) in [4.78, 5) is 0. The molecule has 1 aliphatic carbocycles. The molecular weight excluding hydrogens is 238 g/mol. The van der Waals surface area contributed by atoms with Crippen molar-refractivity contribution in [2.75, 3.05) is 18.9 Å². The van der Waals surface area contributed by atoms with E-state index in [1.54, 1.807) is 13.8 Å². The van der Waals surface area contributed by atoms with Crippen LogP contribution in [-0.4, -0.2) is 43.2 Å². The van der Waals surface area contributed by atoms with Crippen molar-refractivity contribution in [1.29, 1.82) is 0 Å². The smallest absolute Gasteiger partial charge is 0.152 e. The lowest BCUT2D eigenvalue weighted by Gasteiger charge is -2.28. The molecule has 5 heteroatoms. The average molecular weight is 263 g/mol. The van der Waals surface area contributed by atoms with E-state index in [4.69, 9.17) is 0 Å². The van der Waals surface area contributed by atoms with Crippen LogP contribution in [0.25, 0.3) is 0 Å². The molecule has 1 rings (SSSR count). The highest BCUT2D eigenvalue weighted by Gasteiger charge is 2.32. The normalized spacial score (nSPS) is 20.0. The third-order valence-electron chi connectivity index (χ3n) is 3.69. The predicted molar refractivity (Wildman–Crippen MR) is 69.8 cm³/mol. The molecule has 1 fully saturated rings. The first-order valence-electron chi connectivity index (χ1n) is 6.49. The van der Waals surface area contributed by atoms with Crippen LogP contribution >= 0.6 is 0 Å². The van der Waals surface area contributed by atoms with Crippen LogP contribution in [0.15, 0.2) is 0 Å². The average Bonchev–Trinajstić information content (AvgIpc) is 2.74. The molecule has 2 N–H and O–H groups in total. The van der Waals surface area contributed by atoms with E-state index >= 15 is 0 Å². The van der Waals surface area contributed by atoms with Crippen molar-refractivity contribution in [2.45, 2.75) is 56.7 Å². The van der Waals surface area contributed by atoms with Gasteiger partial charge in [0, 0.05) is 5.54 Å². The van der Waals surface area contributed by atoms with Gasteiger partial charge >= 0.3 is 0 Å². The third-order valence-corrected chi connectivity index (χ3v) is 5.98. The molecule has 0 unspecified atom stereocenters. The number of nitrogens with one attached hydrogen (secondary N) is 1. The molecule has 0 aliphatic heterocycles. The van der Waals surface area contributed by atoms with Crippen LogP contribution in [0.4, 0.5) is 0 Å². The first-order valence-corrected chi connectivity index (χ1v) is 8.21. The summed E-state index contributed by atoms with van der Waals surface area (Å²) in [7, 11) is -2.92. The van der Waals surface area contributed by atoms with Gasteiger partial charge in [-0.1, -0.05) is 12.8 Å². The van der Waals surface area contributed by atoms with Gasteiger partial charge in [-0.3, -0.25) is 0 Å². The number of sulfone groups is 1. The summed E-state index contributed by atoms with van der Waals surface area (Å²) in [5, 5.41) is 12.4. The number of aliphatic hydroxyl groups is 1. The minimum absolute atomic E-state index is 0.137. The van der Waals surface area contributed by atoms with Crippen molar-refractivity contribution in [3.8, 4) is 0 Å². The number of aliphatic hydroxyl groups excluding tert-OH is 1. The van der Waals surface area contributed by atoms with E-state index in [2.05, 4.69) is 5.32 Å². The van der Waals surface area contributed by atoms with Gasteiger partial charge in [-0.2, -0.15) is 0 Å².